The minimum Gasteiger partial charge on any atom is -0.508 e. The number of carbonyl (C=O) groups excluding carboxylic acids is 3. The van der Waals surface area contributed by atoms with Crippen molar-refractivity contribution >= 4 is 29.7 Å². The molecule has 1 aromatic carbocycles. The number of carboxylic acid groups (broad SMARTS) is 2. The first-order valence-electron chi connectivity index (χ1n) is 9.94. The molecule has 174 valence electrons. The number of nitrogens with one attached hydrogen (secondary N) is 2. The molecule has 1 aliphatic heterocycles. The maximum Gasteiger partial charge on any atom is 0.326 e. The maximum atomic E-state index is 12.7. The van der Waals surface area contributed by atoms with Gasteiger partial charge in [0.05, 0.1) is 19.0 Å². The minimum absolute atomic E-state index is 0.0143. The Morgan fingerprint density at radius 2 is 1.78 bits per heavy atom. The molecule has 1 saturated heterocycles. The Kier molecular flexibility index (Phi) is 8.53. The van der Waals surface area contributed by atoms with Crippen molar-refractivity contribution < 1.29 is 39.3 Å². The Balaban J connectivity index is 1.95. The molecule has 0 radical (unpaired) electrons. The molecule has 12 nitrogen and oxygen atoms in total. The first-order valence-corrected chi connectivity index (χ1v) is 9.94. The quantitative estimate of drug-likeness (QED) is 0.243. The summed E-state index contributed by atoms with van der Waals surface area (Å²) in [4.78, 5) is 60.5. The number of aromatic hydroxyl groups is 1. The van der Waals surface area contributed by atoms with E-state index < -0.39 is 60.8 Å². The number of carboxylic acids is 2. The SMILES string of the molecule is NC(CC(=O)O)C(=O)NCC(=O)N1CCCC1C(=O)NC(Cc1ccc(O)cc1)C(=O)O. The van der Waals surface area contributed by atoms with Crippen LogP contribution in [0.1, 0.15) is 24.8 Å². The van der Waals surface area contributed by atoms with Gasteiger partial charge in [-0.2, -0.15) is 0 Å². The zero-order chi connectivity index (χ0) is 23.8. The third kappa shape index (κ3) is 6.94. The molecular formula is C20H26N4O8. The van der Waals surface area contributed by atoms with Crippen LogP contribution in [0.3, 0.4) is 0 Å². The molecule has 3 amide bonds. The first kappa shape index (κ1) is 24.6. The average Bonchev–Trinajstić information content (AvgIpc) is 3.22. The minimum atomic E-state index is -1.31. The highest BCUT2D eigenvalue weighted by molar-refractivity contribution is 5.93. The average molecular weight is 450 g/mol. The molecule has 0 bridgehead atoms. The number of nitrogens with two attached hydrogens (primary N) is 1. The van der Waals surface area contributed by atoms with E-state index in [0.717, 1.165) is 0 Å². The molecule has 3 unspecified atom stereocenters. The summed E-state index contributed by atoms with van der Waals surface area (Å²) in [7, 11) is 0. The monoisotopic (exact) mass is 450 g/mol. The molecule has 7 N–H and O–H groups in total. The fourth-order valence-electron chi connectivity index (χ4n) is 3.35. The van der Waals surface area contributed by atoms with Crippen LogP contribution in [0.25, 0.3) is 0 Å². The number of phenols is 1. The summed E-state index contributed by atoms with van der Waals surface area (Å²) in [5.41, 5.74) is 6.03. The third-order valence-corrected chi connectivity index (χ3v) is 5.01. The number of aliphatic carboxylic acids is 2. The third-order valence-electron chi connectivity index (χ3n) is 5.01. The van der Waals surface area contributed by atoms with E-state index in [9.17, 15) is 34.2 Å². The van der Waals surface area contributed by atoms with Crippen molar-refractivity contribution in [3.8, 4) is 5.75 Å². The fraction of sp³-hybridized carbons (Fsp3) is 0.450. The van der Waals surface area contributed by atoms with E-state index in [1.165, 1.54) is 17.0 Å². The van der Waals surface area contributed by atoms with Crippen molar-refractivity contribution in [2.75, 3.05) is 13.1 Å². The van der Waals surface area contributed by atoms with Gasteiger partial charge in [0, 0.05) is 13.0 Å². The van der Waals surface area contributed by atoms with Crippen molar-refractivity contribution in [1.82, 2.24) is 15.5 Å². The highest BCUT2D eigenvalue weighted by Crippen LogP contribution is 2.18. The lowest BCUT2D eigenvalue weighted by molar-refractivity contribution is -0.144. The summed E-state index contributed by atoms with van der Waals surface area (Å²) < 4.78 is 0. The number of benzene rings is 1. The maximum absolute atomic E-state index is 12.7. The van der Waals surface area contributed by atoms with Crippen LogP contribution in [0.2, 0.25) is 0 Å². The molecule has 1 aromatic rings. The molecule has 1 heterocycles. The molecule has 1 aliphatic rings. The number of likely N-dealkylation sites (tertiary alicyclic amines) is 1. The van der Waals surface area contributed by atoms with Gasteiger partial charge in [-0.05, 0) is 30.5 Å². The zero-order valence-corrected chi connectivity index (χ0v) is 17.2. The number of rotatable bonds is 10. The van der Waals surface area contributed by atoms with Crippen molar-refractivity contribution in [3.05, 3.63) is 29.8 Å². The predicted octanol–water partition coefficient (Wildman–Crippen LogP) is -1.59. The summed E-state index contributed by atoms with van der Waals surface area (Å²) in [5.74, 6) is -4.47. The van der Waals surface area contributed by atoms with E-state index >= 15 is 0 Å². The second-order valence-corrected chi connectivity index (χ2v) is 7.44. The van der Waals surface area contributed by atoms with E-state index in [-0.39, 0.29) is 18.7 Å². The van der Waals surface area contributed by atoms with Crippen LogP contribution in [-0.2, 0) is 30.4 Å². The van der Waals surface area contributed by atoms with Crippen molar-refractivity contribution in [2.45, 2.75) is 43.8 Å². The van der Waals surface area contributed by atoms with Crippen LogP contribution >= 0.6 is 0 Å². The molecular weight excluding hydrogens is 424 g/mol. The lowest BCUT2D eigenvalue weighted by Gasteiger charge is -2.26. The number of nitrogens with zero attached hydrogens (tertiary/aromatic N) is 1. The van der Waals surface area contributed by atoms with Gasteiger partial charge >= 0.3 is 11.9 Å². The molecule has 3 atom stereocenters. The second kappa shape index (κ2) is 11.1. The number of hydrogen-bond acceptors (Lipinski definition) is 7. The smallest absolute Gasteiger partial charge is 0.326 e. The highest BCUT2D eigenvalue weighted by Gasteiger charge is 2.36. The van der Waals surface area contributed by atoms with Crippen LogP contribution < -0.4 is 16.4 Å². The lowest BCUT2D eigenvalue weighted by atomic mass is 10.0. The molecule has 32 heavy (non-hydrogen) atoms. The Bertz CT molecular complexity index is 873. The number of phenolic OH excluding ortho intramolecular Hbond substituents is 1. The van der Waals surface area contributed by atoms with E-state index in [2.05, 4.69) is 10.6 Å². The summed E-state index contributed by atoms with van der Waals surface area (Å²) in [5, 5.41) is 32.2. The number of amides is 3. The number of hydrogen-bond donors (Lipinski definition) is 6. The molecule has 0 aromatic heterocycles. The summed E-state index contributed by atoms with van der Waals surface area (Å²) >= 11 is 0. The van der Waals surface area contributed by atoms with E-state index in [1.54, 1.807) is 12.1 Å². The van der Waals surface area contributed by atoms with Crippen molar-refractivity contribution in [2.24, 2.45) is 5.73 Å². The van der Waals surface area contributed by atoms with Gasteiger partial charge in [0.15, 0.2) is 0 Å². The lowest BCUT2D eigenvalue weighted by Crippen LogP contribution is -2.53. The van der Waals surface area contributed by atoms with Crippen LogP contribution in [-0.4, -0.2) is 81.1 Å². The molecule has 0 aliphatic carbocycles. The van der Waals surface area contributed by atoms with Gasteiger partial charge < -0.3 is 36.6 Å². The van der Waals surface area contributed by atoms with Gasteiger partial charge in [-0.1, -0.05) is 12.1 Å². The fourth-order valence-corrected chi connectivity index (χ4v) is 3.35. The highest BCUT2D eigenvalue weighted by atomic mass is 16.4. The Morgan fingerprint density at radius 1 is 1.12 bits per heavy atom. The molecule has 12 heteroatoms. The topological polar surface area (TPSA) is 199 Å². The zero-order valence-electron chi connectivity index (χ0n) is 17.2. The van der Waals surface area contributed by atoms with Crippen LogP contribution in [0.4, 0.5) is 0 Å². The molecule has 1 fully saturated rings. The van der Waals surface area contributed by atoms with Gasteiger partial charge in [0.1, 0.15) is 17.8 Å². The van der Waals surface area contributed by atoms with Gasteiger partial charge in [-0.15, -0.1) is 0 Å². The largest absolute Gasteiger partial charge is 0.508 e. The predicted molar refractivity (Wildman–Crippen MR) is 109 cm³/mol. The van der Waals surface area contributed by atoms with E-state index in [0.29, 0.717) is 18.4 Å². The first-order chi connectivity index (χ1) is 15.1. The van der Waals surface area contributed by atoms with Crippen molar-refractivity contribution in [3.63, 3.8) is 0 Å². The van der Waals surface area contributed by atoms with Gasteiger partial charge in [-0.3, -0.25) is 19.2 Å². The Morgan fingerprint density at radius 3 is 2.38 bits per heavy atom. The van der Waals surface area contributed by atoms with E-state index in [1.807, 2.05) is 0 Å². The Labute approximate surface area is 183 Å². The standard InChI is InChI=1S/C20H26N4O8/c21-13(9-17(27)28)18(29)22-10-16(26)24-7-1-2-15(24)19(30)23-14(20(31)32)8-11-3-5-12(25)6-4-11/h3-6,13-15,25H,1-2,7-10,21H2,(H,22,29)(H,23,30)(H,27,28)(H,31,32). The summed E-state index contributed by atoms with van der Waals surface area (Å²) in [6, 6.07) is 2.45. The summed E-state index contributed by atoms with van der Waals surface area (Å²) in [6.07, 6.45) is 0.244. The number of carbonyl (C=O) groups is 5. The molecule has 0 saturated carbocycles. The van der Waals surface area contributed by atoms with Crippen molar-refractivity contribution in [1.29, 1.82) is 0 Å². The van der Waals surface area contributed by atoms with Crippen LogP contribution in [0.5, 0.6) is 5.75 Å². The van der Waals surface area contributed by atoms with Gasteiger partial charge in [-0.25, -0.2) is 4.79 Å². The molecule has 2 rings (SSSR count). The van der Waals surface area contributed by atoms with Gasteiger partial charge in [0.25, 0.3) is 0 Å². The van der Waals surface area contributed by atoms with E-state index in [4.69, 9.17) is 10.8 Å². The summed E-state index contributed by atoms with van der Waals surface area (Å²) in [6.45, 7) is -0.213. The Hall–Kier alpha value is -3.67. The molecule has 0 spiro atoms. The van der Waals surface area contributed by atoms with Crippen LogP contribution in [0, 0.1) is 0 Å². The van der Waals surface area contributed by atoms with Crippen LogP contribution in [0.15, 0.2) is 24.3 Å². The normalized spacial score (nSPS) is 17.3. The van der Waals surface area contributed by atoms with Gasteiger partial charge in [0.2, 0.25) is 17.7 Å². The second-order valence-electron chi connectivity index (χ2n) is 7.44.